The van der Waals surface area contributed by atoms with E-state index < -0.39 is 0 Å². The molecule has 2 unspecified atom stereocenters. The quantitative estimate of drug-likeness (QED) is 0.441. The highest BCUT2D eigenvalue weighted by atomic mass is 16.6. The zero-order valence-corrected chi connectivity index (χ0v) is 4.74. The number of epoxide rings is 1. The predicted octanol–water partition coefficient (Wildman–Crippen LogP) is 0.774. The lowest BCUT2D eigenvalue weighted by atomic mass is 10.1. The number of allylic oxidation sites excluding steroid dienone is 2. The summed E-state index contributed by atoms with van der Waals surface area (Å²) in [7, 11) is 0. The minimum absolute atomic E-state index is 0.213. The average molecular weight is 119 g/mol. The van der Waals surface area contributed by atoms with E-state index in [-0.39, 0.29) is 12.2 Å². The summed E-state index contributed by atoms with van der Waals surface area (Å²) in [6, 6.07) is 2.06. The first-order valence-electron chi connectivity index (χ1n) is 2.86. The van der Waals surface area contributed by atoms with Gasteiger partial charge >= 0.3 is 0 Å². The first-order valence-corrected chi connectivity index (χ1v) is 2.86. The molecule has 0 N–H and O–H groups in total. The van der Waals surface area contributed by atoms with Crippen LogP contribution in [0.5, 0.6) is 0 Å². The molecule has 1 saturated heterocycles. The maximum atomic E-state index is 8.40. The van der Waals surface area contributed by atoms with Gasteiger partial charge in [0.1, 0.15) is 12.2 Å². The number of hydrogen-bond acceptors (Lipinski definition) is 2. The van der Waals surface area contributed by atoms with Crippen molar-refractivity contribution in [1.82, 2.24) is 0 Å². The van der Waals surface area contributed by atoms with Gasteiger partial charge in [0.15, 0.2) is 0 Å². The predicted molar refractivity (Wildman–Crippen MR) is 31.5 cm³/mol. The van der Waals surface area contributed by atoms with Crippen LogP contribution in [0.1, 0.15) is 0 Å². The van der Waals surface area contributed by atoms with Gasteiger partial charge < -0.3 is 4.74 Å². The molecule has 0 aromatic heterocycles. The summed E-state index contributed by atoms with van der Waals surface area (Å²) in [6.07, 6.45) is 6.06. The van der Waals surface area contributed by atoms with Crippen molar-refractivity contribution in [3.05, 3.63) is 23.8 Å². The normalized spacial score (nSPS) is 36.6. The van der Waals surface area contributed by atoms with Gasteiger partial charge in [-0.3, -0.25) is 0 Å². The van der Waals surface area contributed by atoms with E-state index in [9.17, 15) is 0 Å². The first-order chi connectivity index (χ1) is 4.40. The fourth-order valence-corrected chi connectivity index (χ4v) is 0.931. The molecule has 1 fully saturated rings. The highest BCUT2D eigenvalue weighted by Gasteiger charge is 2.36. The summed E-state index contributed by atoms with van der Waals surface area (Å²) in [4.78, 5) is 0. The van der Waals surface area contributed by atoms with Gasteiger partial charge in [0.2, 0.25) is 0 Å². The maximum Gasteiger partial charge on any atom is 0.108 e. The van der Waals surface area contributed by atoms with Crippen LogP contribution in [-0.2, 0) is 4.74 Å². The zero-order valence-electron chi connectivity index (χ0n) is 4.74. The molecule has 1 aliphatic carbocycles. The molecule has 2 rings (SSSR count). The lowest BCUT2D eigenvalue weighted by Crippen LogP contribution is -1.92. The molecule has 1 aliphatic heterocycles. The fourth-order valence-electron chi connectivity index (χ4n) is 0.931. The van der Waals surface area contributed by atoms with Gasteiger partial charge in [-0.05, 0) is 12.2 Å². The molecular weight excluding hydrogens is 114 g/mol. The van der Waals surface area contributed by atoms with Gasteiger partial charge in [-0.15, -0.1) is 0 Å². The molecule has 0 radical (unpaired) electrons. The van der Waals surface area contributed by atoms with E-state index in [0.29, 0.717) is 5.57 Å². The molecule has 0 aromatic carbocycles. The van der Waals surface area contributed by atoms with Crippen LogP contribution in [0.2, 0.25) is 0 Å². The van der Waals surface area contributed by atoms with E-state index in [4.69, 9.17) is 10.00 Å². The number of rotatable bonds is 0. The molecule has 2 heteroatoms. The average Bonchev–Trinajstić information content (AvgIpc) is 2.64. The van der Waals surface area contributed by atoms with Crippen LogP contribution in [0.4, 0.5) is 0 Å². The van der Waals surface area contributed by atoms with Crippen LogP contribution < -0.4 is 0 Å². The van der Waals surface area contributed by atoms with Gasteiger partial charge in [-0.1, -0.05) is 6.08 Å². The molecule has 44 valence electrons. The van der Waals surface area contributed by atoms with Gasteiger partial charge in [-0.2, -0.15) is 5.26 Å². The van der Waals surface area contributed by atoms with Crippen LogP contribution in [-0.4, -0.2) is 12.2 Å². The third-order valence-corrected chi connectivity index (χ3v) is 1.50. The summed E-state index contributed by atoms with van der Waals surface area (Å²) in [5.74, 6) is 0. The molecule has 2 aliphatic rings. The number of nitriles is 1. The Morgan fingerprint density at radius 3 is 3.11 bits per heavy atom. The van der Waals surface area contributed by atoms with Crippen LogP contribution in [0, 0.1) is 11.3 Å². The molecule has 0 bridgehead atoms. The lowest BCUT2D eigenvalue weighted by Gasteiger charge is -1.89. The molecule has 9 heavy (non-hydrogen) atoms. The summed E-state index contributed by atoms with van der Waals surface area (Å²) in [6.45, 7) is 0. The number of hydrogen-bond donors (Lipinski definition) is 0. The van der Waals surface area contributed by atoms with Crippen molar-refractivity contribution < 1.29 is 4.74 Å². The third-order valence-electron chi connectivity index (χ3n) is 1.50. The zero-order chi connectivity index (χ0) is 6.27. The van der Waals surface area contributed by atoms with Gasteiger partial charge in [-0.25, -0.2) is 0 Å². The highest BCUT2D eigenvalue weighted by molar-refractivity contribution is 5.40. The molecular formula is C7H5NO. The molecule has 1 heterocycles. The van der Waals surface area contributed by atoms with Crippen molar-refractivity contribution in [2.75, 3.05) is 0 Å². The summed E-state index contributed by atoms with van der Waals surface area (Å²) in [5.41, 5.74) is 0.716. The molecule has 2 atom stereocenters. The Morgan fingerprint density at radius 2 is 2.44 bits per heavy atom. The summed E-state index contributed by atoms with van der Waals surface area (Å²) >= 11 is 0. The lowest BCUT2D eigenvalue weighted by molar-refractivity contribution is 0.414. The second kappa shape index (κ2) is 1.46. The van der Waals surface area contributed by atoms with Gasteiger partial charge in [0.25, 0.3) is 0 Å². The Balaban J connectivity index is 2.28. The van der Waals surface area contributed by atoms with E-state index in [1.54, 1.807) is 6.08 Å². The minimum atomic E-state index is 0.213. The van der Waals surface area contributed by atoms with Crippen molar-refractivity contribution in [2.24, 2.45) is 0 Å². The van der Waals surface area contributed by atoms with Gasteiger partial charge in [0.05, 0.1) is 11.6 Å². The Hall–Kier alpha value is -1.07. The molecule has 2 nitrogen and oxygen atoms in total. The standard InChI is InChI=1S/C7H5NO/c8-4-5-1-2-6-7(3-5)9-6/h1-3,6-7H. The molecule has 0 saturated carbocycles. The topological polar surface area (TPSA) is 36.3 Å². The second-order valence-electron chi connectivity index (χ2n) is 2.16. The Labute approximate surface area is 53.0 Å². The summed E-state index contributed by atoms with van der Waals surface area (Å²) in [5, 5.41) is 8.40. The number of nitrogens with zero attached hydrogens (tertiary/aromatic N) is 1. The first kappa shape index (κ1) is 4.78. The largest absolute Gasteiger partial charge is 0.361 e. The Morgan fingerprint density at radius 1 is 1.56 bits per heavy atom. The van der Waals surface area contributed by atoms with E-state index >= 15 is 0 Å². The van der Waals surface area contributed by atoms with Crippen molar-refractivity contribution in [1.29, 1.82) is 5.26 Å². The molecule has 0 spiro atoms. The second-order valence-corrected chi connectivity index (χ2v) is 2.16. The SMILES string of the molecule is N#CC1=CC2OC2C=C1. The summed E-state index contributed by atoms with van der Waals surface area (Å²) < 4.78 is 5.10. The van der Waals surface area contributed by atoms with Crippen LogP contribution in [0.15, 0.2) is 23.8 Å². The maximum absolute atomic E-state index is 8.40. The van der Waals surface area contributed by atoms with Gasteiger partial charge in [0, 0.05) is 0 Å². The smallest absolute Gasteiger partial charge is 0.108 e. The van der Waals surface area contributed by atoms with Crippen LogP contribution in [0.3, 0.4) is 0 Å². The highest BCUT2D eigenvalue weighted by Crippen LogP contribution is 2.29. The van der Waals surface area contributed by atoms with E-state index in [1.807, 2.05) is 12.2 Å². The number of fused-ring (bicyclic) bond motifs is 1. The van der Waals surface area contributed by atoms with Crippen LogP contribution in [0.25, 0.3) is 0 Å². The fraction of sp³-hybridized carbons (Fsp3) is 0.286. The minimum Gasteiger partial charge on any atom is -0.361 e. The van der Waals surface area contributed by atoms with Crippen LogP contribution >= 0.6 is 0 Å². The van der Waals surface area contributed by atoms with Crippen molar-refractivity contribution in [2.45, 2.75) is 12.2 Å². The number of ether oxygens (including phenoxy) is 1. The third kappa shape index (κ3) is 0.664. The molecule has 0 amide bonds. The Kier molecular flexibility index (Phi) is 0.773. The molecule has 0 aromatic rings. The van der Waals surface area contributed by atoms with E-state index in [2.05, 4.69) is 6.07 Å². The Bertz CT molecular complexity index is 234. The van der Waals surface area contributed by atoms with E-state index in [1.165, 1.54) is 0 Å². The van der Waals surface area contributed by atoms with Crippen molar-refractivity contribution in [3.8, 4) is 6.07 Å². The van der Waals surface area contributed by atoms with Crippen molar-refractivity contribution in [3.63, 3.8) is 0 Å². The van der Waals surface area contributed by atoms with Crippen molar-refractivity contribution >= 4 is 0 Å². The monoisotopic (exact) mass is 119 g/mol. The van der Waals surface area contributed by atoms with E-state index in [0.717, 1.165) is 0 Å².